The molecule has 0 unspecified atom stereocenters. The lowest BCUT2D eigenvalue weighted by molar-refractivity contribution is 0.102. The van der Waals surface area contributed by atoms with Gasteiger partial charge in [0.05, 0.1) is 34.3 Å². The average Bonchev–Trinajstić information content (AvgIpc) is 3.08. The quantitative estimate of drug-likeness (QED) is 0.717. The maximum atomic E-state index is 12.4. The number of halogens is 1. The van der Waals surface area contributed by atoms with Gasteiger partial charge in [0.1, 0.15) is 5.69 Å². The van der Waals surface area contributed by atoms with Crippen molar-refractivity contribution in [2.24, 2.45) is 0 Å². The Morgan fingerprint density at radius 2 is 2.04 bits per heavy atom. The molecule has 0 aliphatic heterocycles. The fourth-order valence-electron chi connectivity index (χ4n) is 2.59. The molecule has 1 aromatic carbocycles. The van der Waals surface area contributed by atoms with Gasteiger partial charge >= 0.3 is 0 Å². The van der Waals surface area contributed by atoms with Crippen LogP contribution < -0.4 is 5.32 Å². The largest absolute Gasteiger partial charge is 0.317 e. The Morgan fingerprint density at radius 3 is 2.71 bits per heavy atom. The molecule has 24 heavy (non-hydrogen) atoms. The summed E-state index contributed by atoms with van der Waals surface area (Å²) in [7, 11) is 0. The van der Waals surface area contributed by atoms with E-state index in [2.05, 4.69) is 55.6 Å². The number of amides is 1. The minimum Gasteiger partial charge on any atom is -0.317 e. The predicted molar refractivity (Wildman–Crippen MR) is 96.2 cm³/mol. The third kappa shape index (κ3) is 3.12. The highest BCUT2D eigenvalue weighted by molar-refractivity contribution is 9.10. The monoisotopic (exact) mass is 387 g/mol. The van der Waals surface area contributed by atoms with E-state index in [1.54, 1.807) is 6.20 Å². The van der Waals surface area contributed by atoms with Crippen LogP contribution >= 0.6 is 15.9 Å². The summed E-state index contributed by atoms with van der Waals surface area (Å²) in [5.41, 5.74) is 5.25. The van der Waals surface area contributed by atoms with Crippen LogP contribution in [0.1, 0.15) is 33.0 Å². The maximum Gasteiger partial charge on any atom is 0.274 e. The van der Waals surface area contributed by atoms with Crippen molar-refractivity contribution >= 4 is 27.5 Å². The van der Waals surface area contributed by atoms with E-state index in [1.807, 2.05) is 30.7 Å². The normalized spacial score (nSPS) is 10.8. The predicted octanol–water partition coefficient (Wildman–Crippen LogP) is 3.59. The molecule has 0 fully saturated rings. The molecule has 2 N–H and O–H groups in total. The second-order valence-electron chi connectivity index (χ2n) is 5.68. The molecule has 0 aliphatic carbocycles. The van der Waals surface area contributed by atoms with Crippen LogP contribution in [0.3, 0.4) is 0 Å². The number of benzene rings is 1. The minimum atomic E-state index is -0.249. The standard InChI is InChI=1S/C17H18BrN5O/c1-10-6-4-5-7-13(10)9-23-12(3)15(11(2)22-23)20-17(24)16-14(18)8-19-21-16/h4-8H,9H2,1-3H3,(H,19,21)(H,20,24). The van der Waals surface area contributed by atoms with E-state index < -0.39 is 0 Å². The van der Waals surface area contributed by atoms with Gasteiger partial charge in [0.25, 0.3) is 5.91 Å². The van der Waals surface area contributed by atoms with E-state index in [1.165, 1.54) is 11.1 Å². The maximum absolute atomic E-state index is 12.4. The Balaban J connectivity index is 1.86. The first-order valence-corrected chi connectivity index (χ1v) is 8.35. The van der Waals surface area contributed by atoms with E-state index >= 15 is 0 Å². The Kier molecular flexibility index (Phi) is 4.53. The Morgan fingerprint density at radius 1 is 1.29 bits per heavy atom. The van der Waals surface area contributed by atoms with Crippen LogP contribution in [-0.4, -0.2) is 25.9 Å². The number of nitrogens with zero attached hydrogens (tertiary/aromatic N) is 3. The molecule has 3 aromatic rings. The first-order valence-electron chi connectivity index (χ1n) is 7.56. The number of aryl methyl sites for hydroxylation is 2. The molecule has 0 aliphatic rings. The van der Waals surface area contributed by atoms with Crippen molar-refractivity contribution < 1.29 is 4.79 Å². The Labute approximate surface area is 148 Å². The SMILES string of the molecule is Cc1ccccc1Cn1nc(C)c(NC(=O)c2[nH]ncc2Br)c1C. The minimum absolute atomic E-state index is 0.249. The van der Waals surface area contributed by atoms with Crippen molar-refractivity contribution in [2.75, 3.05) is 5.32 Å². The second-order valence-corrected chi connectivity index (χ2v) is 6.53. The lowest BCUT2D eigenvalue weighted by Gasteiger charge is -2.09. The number of rotatable bonds is 4. The molecule has 124 valence electrons. The molecule has 7 heteroatoms. The van der Waals surface area contributed by atoms with Crippen molar-refractivity contribution in [3.05, 3.63) is 63.1 Å². The van der Waals surface area contributed by atoms with Gasteiger partial charge in [-0.15, -0.1) is 0 Å². The smallest absolute Gasteiger partial charge is 0.274 e. The van der Waals surface area contributed by atoms with Gasteiger partial charge in [-0.1, -0.05) is 24.3 Å². The number of hydrogen-bond acceptors (Lipinski definition) is 3. The van der Waals surface area contributed by atoms with Crippen LogP contribution in [0.4, 0.5) is 5.69 Å². The van der Waals surface area contributed by atoms with E-state index in [0.29, 0.717) is 16.7 Å². The van der Waals surface area contributed by atoms with Crippen LogP contribution in [-0.2, 0) is 6.54 Å². The molecule has 2 heterocycles. The zero-order valence-electron chi connectivity index (χ0n) is 13.7. The second kappa shape index (κ2) is 6.60. The summed E-state index contributed by atoms with van der Waals surface area (Å²) in [6.45, 7) is 6.59. The molecule has 0 saturated heterocycles. The highest BCUT2D eigenvalue weighted by atomic mass is 79.9. The van der Waals surface area contributed by atoms with Crippen LogP contribution in [0.25, 0.3) is 0 Å². The van der Waals surface area contributed by atoms with Gasteiger partial charge < -0.3 is 5.32 Å². The van der Waals surface area contributed by atoms with Gasteiger partial charge in [-0.3, -0.25) is 14.6 Å². The fraction of sp³-hybridized carbons (Fsp3) is 0.235. The molecule has 0 radical (unpaired) electrons. The molecule has 0 bridgehead atoms. The third-order valence-electron chi connectivity index (χ3n) is 4.02. The van der Waals surface area contributed by atoms with Crippen LogP contribution in [0.2, 0.25) is 0 Å². The van der Waals surface area contributed by atoms with Gasteiger partial charge in [-0.25, -0.2) is 0 Å². The summed E-state index contributed by atoms with van der Waals surface area (Å²) in [6.07, 6.45) is 1.55. The van der Waals surface area contributed by atoms with E-state index in [-0.39, 0.29) is 5.91 Å². The topological polar surface area (TPSA) is 75.6 Å². The summed E-state index contributed by atoms with van der Waals surface area (Å²) in [6, 6.07) is 8.21. The number of H-pyrrole nitrogens is 1. The summed E-state index contributed by atoms with van der Waals surface area (Å²) < 4.78 is 2.54. The summed E-state index contributed by atoms with van der Waals surface area (Å²) in [4.78, 5) is 12.4. The van der Waals surface area contributed by atoms with Gasteiger partial charge in [0.2, 0.25) is 0 Å². The number of aromatic nitrogens is 4. The number of nitrogens with one attached hydrogen (secondary N) is 2. The van der Waals surface area contributed by atoms with E-state index in [9.17, 15) is 4.79 Å². The van der Waals surface area contributed by atoms with Crippen molar-refractivity contribution in [3.63, 3.8) is 0 Å². The first kappa shape index (κ1) is 16.4. The zero-order valence-corrected chi connectivity index (χ0v) is 15.3. The van der Waals surface area contributed by atoms with Gasteiger partial charge in [0.15, 0.2) is 0 Å². The first-order chi connectivity index (χ1) is 11.5. The highest BCUT2D eigenvalue weighted by Gasteiger charge is 2.18. The number of hydrogen-bond donors (Lipinski definition) is 2. The van der Waals surface area contributed by atoms with Crippen molar-refractivity contribution in [1.29, 1.82) is 0 Å². The lowest BCUT2D eigenvalue weighted by atomic mass is 10.1. The number of carbonyl (C=O) groups excluding carboxylic acids is 1. The molecule has 0 atom stereocenters. The molecule has 1 amide bonds. The summed E-state index contributed by atoms with van der Waals surface area (Å²) in [5.74, 6) is -0.249. The Bertz CT molecular complexity index is 896. The van der Waals surface area contributed by atoms with E-state index in [4.69, 9.17) is 0 Å². The van der Waals surface area contributed by atoms with E-state index in [0.717, 1.165) is 17.1 Å². The van der Waals surface area contributed by atoms with Gasteiger partial charge in [-0.2, -0.15) is 10.2 Å². The highest BCUT2D eigenvalue weighted by Crippen LogP contribution is 2.23. The summed E-state index contributed by atoms with van der Waals surface area (Å²) in [5, 5.41) is 14.0. The Hall–Kier alpha value is -2.41. The zero-order chi connectivity index (χ0) is 17.3. The number of carbonyl (C=O) groups is 1. The van der Waals surface area contributed by atoms with Gasteiger partial charge in [-0.05, 0) is 47.8 Å². The molecule has 0 saturated carbocycles. The van der Waals surface area contributed by atoms with Crippen LogP contribution in [0.15, 0.2) is 34.9 Å². The van der Waals surface area contributed by atoms with Crippen molar-refractivity contribution in [1.82, 2.24) is 20.0 Å². The number of anilines is 1. The molecule has 6 nitrogen and oxygen atoms in total. The summed E-state index contributed by atoms with van der Waals surface area (Å²) >= 11 is 3.30. The molecular weight excluding hydrogens is 370 g/mol. The number of aromatic amines is 1. The molecule has 0 spiro atoms. The lowest BCUT2D eigenvalue weighted by Crippen LogP contribution is -2.14. The van der Waals surface area contributed by atoms with Crippen LogP contribution in [0, 0.1) is 20.8 Å². The molecule has 2 aromatic heterocycles. The average molecular weight is 388 g/mol. The molecule has 3 rings (SSSR count). The van der Waals surface area contributed by atoms with Crippen LogP contribution in [0.5, 0.6) is 0 Å². The van der Waals surface area contributed by atoms with Gasteiger partial charge in [0, 0.05) is 0 Å². The third-order valence-corrected chi connectivity index (χ3v) is 4.62. The van der Waals surface area contributed by atoms with Crippen molar-refractivity contribution in [2.45, 2.75) is 27.3 Å². The van der Waals surface area contributed by atoms with Crippen molar-refractivity contribution in [3.8, 4) is 0 Å². The molecular formula is C17H18BrN5O. The fourth-order valence-corrected chi connectivity index (χ4v) is 2.96.